The van der Waals surface area contributed by atoms with Crippen LogP contribution in [0.5, 0.6) is 0 Å². The van der Waals surface area contributed by atoms with Crippen molar-refractivity contribution in [2.45, 2.75) is 90.7 Å². The van der Waals surface area contributed by atoms with E-state index in [0.29, 0.717) is 36.7 Å². The maximum absolute atomic E-state index is 13.4. The Morgan fingerprint density at radius 2 is 1.52 bits per heavy atom. The van der Waals surface area contributed by atoms with E-state index in [1.165, 1.54) is 70.5 Å². The second-order valence-electron chi connectivity index (χ2n) is 9.53. The Kier molecular flexibility index (Phi) is 20.2. The van der Waals surface area contributed by atoms with Crippen molar-refractivity contribution in [2.24, 2.45) is 0 Å². The normalized spacial score (nSPS) is 14.1. The zero-order chi connectivity index (χ0) is 28.9. The van der Waals surface area contributed by atoms with E-state index < -0.39 is 7.60 Å². The number of anilines is 1. The lowest BCUT2D eigenvalue weighted by Crippen LogP contribution is -2.18. The molecule has 0 radical (unpaired) electrons. The second kappa shape index (κ2) is 22.4. The van der Waals surface area contributed by atoms with Crippen molar-refractivity contribution in [1.29, 1.82) is 0 Å². The van der Waals surface area contributed by atoms with Crippen molar-refractivity contribution < 1.29 is 18.3 Å². The van der Waals surface area contributed by atoms with Crippen LogP contribution in [0.3, 0.4) is 0 Å². The van der Waals surface area contributed by atoms with E-state index in [2.05, 4.69) is 21.9 Å². The predicted octanol–water partition coefficient (Wildman–Crippen LogP) is 8.31. The third-order valence-corrected chi connectivity index (χ3v) is 11.9. The first kappa shape index (κ1) is 36.1. The summed E-state index contributed by atoms with van der Waals surface area (Å²) in [5, 5.41) is 0. The van der Waals surface area contributed by atoms with Crippen LogP contribution in [0.15, 0.2) is 12.7 Å². The average Bonchev–Trinajstić information content (AvgIpc) is 3.36. The minimum Gasteiger partial charge on any atom is -0.382 e. The first-order valence-electron chi connectivity index (χ1n) is 14.3. The van der Waals surface area contributed by atoms with E-state index in [9.17, 15) is 4.57 Å². The minimum absolute atomic E-state index is 0.0989. The molecule has 0 aliphatic rings. The average molecular weight is 654 g/mol. The highest BCUT2D eigenvalue weighted by molar-refractivity contribution is 8.76. The predicted molar refractivity (Wildman–Crippen MR) is 177 cm³/mol. The van der Waals surface area contributed by atoms with E-state index in [1.807, 2.05) is 28.5 Å². The lowest BCUT2D eigenvalue weighted by Gasteiger charge is -2.21. The molecule has 0 aliphatic carbocycles. The summed E-state index contributed by atoms with van der Waals surface area (Å²) in [6, 6.07) is 0. The van der Waals surface area contributed by atoms with Crippen LogP contribution in [-0.2, 0) is 24.9 Å². The van der Waals surface area contributed by atoms with Crippen molar-refractivity contribution in [2.75, 3.05) is 48.8 Å². The lowest BCUT2D eigenvalue weighted by molar-refractivity contribution is 0.0675. The summed E-state index contributed by atoms with van der Waals surface area (Å²) >= 11 is 0. The van der Waals surface area contributed by atoms with Crippen molar-refractivity contribution in [3.63, 3.8) is 0 Å². The van der Waals surface area contributed by atoms with Crippen molar-refractivity contribution >= 4 is 67.8 Å². The summed E-state index contributed by atoms with van der Waals surface area (Å²) in [7, 11) is 3.57. The monoisotopic (exact) mass is 653 g/mol. The molecule has 0 amide bonds. The first-order chi connectivity index (χ1) is 19.5. The Balaban J connectivity index is 1.63. The fourth-order valence-electron chi connectivity index (χ4n) is 3.96. The third kappa shape index (κ3) is 15.4. The zero-order valence-corrected chi connectivity index (χ0v) is 28.5. The molecule has 0 saturated heterocycles. The Bertz CT molecular complexity index is 974. The smallest absolute Gasteiger partial charge is 0.356 e. The highest BCUT2D eigenvalue weighted by Crippen LogP contribution is 2.49. The summed E-state index contributed by atoms with van der Waals surface area (Å²) < 4.78 is 32.7. The summed E-state index contributed by atoms with van der Waals surface area (Å²) in [4.78, 5) is 12.5. The second-order valence-corrected chi connectivity index (χ2v) is 16.9. The molecule has 2 aromatic rings. The van der Waals surface area contributed by atoms with Crippen LogP contribution < -0.4 is 5.73 Å². The van der Waals surface area contributed by atoms with Gasteiger partial charge in [0.2, 0.25) is 0 Å². The van der Waals surface area contributed by atoms with E-state index in [-0.39, 0.29) is 12.5 Å². The molecular formula is C26H48N5O4PS4. The number of nitrogen functional groups attached to an aromatic ring is 1. The third-order valence-electron chi connectivity index (χ3n) is 6.09. The number of imidazole rings is 1. The van der Waals surface area contributed by atoms with E-state index in [0.717, 1.165) is 17.3 Å². The van der Waals surface area contributed by atoms with Crippen LogP contribution in [0, 0.1) is 0 Å². The largest absolute Gasteiger partial charge is 0.382 e. The van der Waals surface area contributed by atoms with Gasteiger partial charge in [0, 0.05) is 17.3 Å². The number of unbranched alkanes of at least 4 members (excludes halogenated alkanes) is 9. The van der Waals surface area contributed by atoms with Gasteiger partial charge < -0.3 is 24.1 Å². The van der Waals surface area contributed by atoms with E-state index in [4.69, 9.17) is 19.5 Å². The highest BCUT2D eigenvalue weighted by Gasteiger charge is 2.26. The molecule has 0 bridgehead atoms. The van der Waals surface area contributed by atoms with Crippen LogP contribution >= 0.6 is 50.8 Å². The van der Waals surface area contributed by atoms with Crippen molar-refractivity contribution in [3.8, 4) is 0 Å². The molecular weight excluding hydrogens is 606 g/mol. The Labute approximate surface area is 256 Å². The standard InChI is InChI=1S/C26H48N5O4PS4/c1-4-5-6-7-8-9-10-11-12-13-16-39-40-18-15-35-36(32,34-14-17-38-37-3)22-33-23(2)19-31-21-30-24-25(27)28-20-29-26(24)31/h20-21,23H,4-19,22H2,1-3H3,(H2,27,28,29)/t23-,36?/m1/s1. The molecule has 14 heteroatoms. The highest BCUT2D eigenvalue weighted by atomic mass is 33.1. The van der Waals surface area contributed by atoms with Crippen molar-refractivity contribution in [1.82, 2.24) is 19.5 Å². The molecule has 9 nitrogen and oxygen atoms in total. The maximum atomic E-state index is 13.4. The molecule has 0 spiro atoms. The van der Waals surface area contributed by atoms with Gasteiger partial charge in [-0.2, -0.15) is 0 Å². The van der Waals surface area contributed by atoms with Crippen LogP contribution in [0.4, 0.5) is 5.82 Å². The minimum atomic E-state index is -3.38. The van der Waals surface area contributed by atoms with E-state index in [1.54, 1.807) is 38.7 Å². The van der Waals surface area contributed by atoms with Crippen LogP contribution in [0.2, 0.25) is 0 Å². The molecule has 0 aromatic carbocycles. The van der Waals surface area contributed by atoms with Gasteiger partial charge in [0.15, 0.2) is 11.5 Å². The fourth-order valence-corrected chi connectivity index (χ4v) is 8.61. The quantitative estimate of drug-likeness (QED) is 0.0598. The number of nitrogens with zero attached hydrogens (tertiary/aromatic N) is 4. The summed E-state index contributed by atoms with van der Waals surface area (Å²) in [5.74, 6) is 2.97. The number of ether oxygens (including phenoxy) is 1. The number of nitrogens with two attached hydrogens (primary N) is 1. The van der Waals surface area contributed by atoms with Gasteiger partial charge in [-0.25, -0.2) is 15.0 Å². The molecule has 0 fully saturated rings. The molecule has 2 aromatic heterocycles. The van der Waals surface area contributed by atoms with Crippen LogP contribution in [-0.4, -0.2) is 68.7 Å². The summed E-state index contributed by atoms with van der Waals surface area (Å²) in [5.41, 5.74) is 7.08. The number of hydrogen-bond donors (Lipinski definition) is 1. The maximum Gasteiger partial charge on any atom is 0.356 e. The Morgan fingerprint density at radius 3 is 2.20 bits per heavy atom. The number of aromatic nitrogens is 4. The molecule has 2 heterocycles. The first-order valence-corrected chi connectivity index (χ1v) is 21.2. The number of rotatable bonds is 26. The molecule has 0 aliphatic heterocycles. The molecule has 2 atom stereocenters. The SMILES string of the molecule is CCCCCCCCCCCCSSCCOP(=O)(CO[C@H](C)Cn1cnc2c(N)ncnc21)OCCSSC. The molecule has 230 valence electrons. The van der Waals surface area contributed by atoms with Gasteiger partial charge in [-0.05, 0) is 19.6 Å². The fraction of sp³-hybridized carbons (Fsp3) is 0.808. The molecule has 2 rings (SSSR count). The summed E-state index contributed by atoms with van der Waals surface area (Å²) in [6.45, 7) is 5.36. The number of hydrogen-bond acceptors (Lipinski definition) is 12. The van der Waals surface area contributed by atoms with Gasteiger partial charge in [-0.1, -0.05) is 108 Å². The van der Waals surface area contributed by atoms with Gasteiger partial charge >= 0.3 is 7.60 Å². The molecule has 0 saturated carbocycles. The Morgan fingerprint density at radius 1 is 0.900 bits per heavy atom. The number of fused-ring (bicyclic) bond motifs is 1. The van der Waals surface area contributed by atoms with Crippen LogP contribution in [0.1, 0.15) is 78.1 Å². The topological polar surface area (TPSA) is 114 Å². The molecule has 1 unspecified atom stereocenters. The van der Waals surface area contributed by atoms with Gasteiger partial charge in [0.25, 0.3) is 0 Å². The van der Waals surface area contributed by atoms with Gasteiger partial charge in [-0.3, -0.25) is 4.57 Å². The van der Waals surface area contributed by atoms with E-state index >= 15 is 0 Å². The molecule has 40 heavy (non-hydrogen) atoms. The lowest BCUT2D eigenvalue weighted by atomic mass is 10.1. The zero-order valence-electron chi connectivity index (χ0n) is 24.3. The molecule has 2 N–H and O–H groups in total. The van der Waals surface area contributed by atoms with Crippen LogP contribution in [0.25, 0.3) is 11.2 Å². The Hall–Kier alpha value is -0.140. The summed E-state index contributed by atoms with van der Waals surface area (Å²) in [6.07, 6.45) is 18.3. The van der Waals surface area contributed by atoms with Gasteiger partial charge in [0.1, 0.15) is 18.2 Å². The van der Waals surface area contributed by atoms with Gasteiger partial charge in [0.05, 0.1) is 32.2 Å². The van der Waals surface area contributed by atoms with Gasteiger partial charge in [-0.15, -0.1) is 0 Å². The van der Waals surface area contributed by atoms with Crippen molar-refractivity contribution in [3.05, 3.63) is 12.7 Å².